The van der Waals surface area contributed by atoms with E-state index in [1.54, 1.807) is 7.11 Å². The smallest absolute Gasteiger partial charge is 0.284 e. The Morgan fingerprint density at radius 1 is 1.24 bits per heavy atom. The molecule has 1 aromatic carbocycles. The van der Waals surface area contributed by atoms with Gasteiger partial charge in [-0.25, -0.2) is 8.42 Å². The number of rotatable bonds is 7. The van der Waals surface area contributed by atoms with Crippen molar-refractivity contribution >= 4 is 15.9 Å². The van der Waals surface area contributed by atoms with E-state index in [0.29, 0.717) is 30.9 Å². The molecule has 0 saturated carbocycles. The van der Waals surface area contributed by atoms with E-state index < -0.39 is 22.0 Å². The van der Waals surface area contributed by atoms with Crippen LogP contribution < -0.4 is 10.5 Å². The first-order chi connectivity index (χ1) is 13.7. The van der Waals surface area contributed by atoms with E-state index in [4.69, 9.17) is 14.9 Å². The molecular formula is C19H25N3O6S. The Balaban J connectivity index is 1.63. The summed E-state index contributed by atoms with van der Waals surface area (Å²) in [5.41, 5.74) is 6.83. The van der Waals surface area contributed by atoms with Crippen molar-refractivity contribution in [2.24, 2.45) is 5.73 Å². The van der Waals surface area contributed by atoms with Gasteiger partial charge in [-0.15, -0.1) is 0 Å². The van der Waals surface area contributed by atoms with Gasteiger partial charge >= 0.3 is 0 Å². The summed E-state index contributed by atoms with van der Waals surface area (Å²) in [6.45, 7) is 3.69. The van der Waals surface area contributed by atoms with Crippen molar-refractivity contribution in [1.29, 1.82) is 0 Å². The van der Waals surface area contributed by atoms with E-state index >= 15 is 0 Å². The van der Waals surface area contributed by atoms with Gasteiger partial charge in [0.1, 0.15) is 5.75 Å². The number of hydrogen-bond acceptors (Lipinski definition) is 7. The number of piperazine rings is 1. The lowest BCUT2D eigenvalue weighted by Crippen LogP contribution is -2.49. The molecule has 158 valence electrons. The summed E-state index contributed by atoms with van der Waals surface area (Å²) < 4.78 is 37.1. The van der Waals surface area contributed by atoms with Crippen molar-refractivity contribution in [3.63, 3.8) is 0 Å². The molecular weight excluding hydrogens is 398 g/mol. The van der Waals surface area contributed by atoms with E-state index in [9.17, 15) is 18.3 Å². The first-order valence-corrected chi connectivity index (χ1v) is 10.6. The van der Waals surface area contributed by atoms with Crippen molar-refractivity contribution in [2.75, 3.05) is 39.8 Å². The highest BCUT2D eigenvalue weighted by atomic mass is 32.2. The number of furan rings is 1. The van der Waals surface area contributed by atoms with Crippen LogP contribution in [0.1, 0.15) is 27.8 Å². The largest absolute Gasteiger partial charge is 0.496 e. The van der Waals surface area contributed by atoms with Gasteiger partial charge in [-0.2, -0.15) is 4.31 Å². The summed E-state index contributed by atoms with van der Waals surface area (Å²) in [5.74, 6) is -0.401. The highest BCUT2D eigenvalue weighted by Gasteiger charge is 2.32. The zero-order valence-electron chi connectivity index (χ0n) is 16.4. The number of methoxy groups -OCH3 is 1. The molecule has 3 N–H and O–H groups in total. The van der Waals surface area contributed by atoms with Crippen LogP contribution in [0.5, 0.6) is 5.75 Å². The average molecular weight is 423 g/mol. The molecule has 2 aromatic rings. The van der Waals surface area contributed by atoms with Gasteiger partial charge in [0.2, 0.25) is 5.09 Å². The Hall–Kier alpha value is -2.40. The fourth-order valence-corrected chi connectivity index (χ4v) is 4.66. The SMILES string of the molecule is COc1ccc(C)cc1[C@H](O)CN1CCN(S(=O)(=O)c2ccc(C(N)=O)o2)CC1. The van der Waals surface area contributed by atoms with E-state index in [0.717, 1.165) is 5.56 Å². The minimum absolute atomic E-state index is 0.197. The molecule has 1 atom stereocenters. The summed E-state index contributed by atoms with van der Waals surface area (Å²) >= 11 is 0. The van der Waals surface area contributed by atoms with Crippen LogP contribution in [-0.2, 0) is 10.0 Å². The van der Waals surface area contributed by atoms with Gasteiger partial charge in [0.05, 0.1) is 13.2 Å². The Labute approximate surface area is 169 Å². The molecule has 1 aliphatic rings. The van der Waals surface area contributed by atoms with Crippen molar-refractivity contribution in [3.05, 3.63) is 47.2 Å². The van der Waals surface area contributed by atoms with Crippen molar-refractivity contribution in [2.45, 2.75) is 18.1 Å². The van der Waals surface area contributed by atoms with Crippen LogP contribution in [0, 0.1) is 6.92 Å². The topological polar surface area (TPSA) is 126 Å². The number of β-amino-alcohol motifs (C(OH)–C–C–N with tert-alkyl or cyclic N) is 1. The lowest BCUT2D eigenvalue weighted by atomic mass is 10.0. The van der Waals surface area contributed by atoms with Crippen LogP contribution in [0.4, 0.5) is 0 Å². The number of aryl methyl sites for hydroxylation is 1. The van der Waals surface area contributed by atoms with Crippen LogP contribution in [0.2, 0.25) is 0 Å². The summed E-state index contributed by atoms with van der Waals surface area (Å²) in [7, 11) is -2.29. The maximum absolute atomic E-state index is 12.7. The number of sulfonamides is 1. The average Bonchev–Trinajstić information content (AvgIpc) is 3.20. The van der Waals surface area contributed by atoms with Crippen molar-refractivity contribution in [1.82, 2.24) is 9.21 Å². The Kier molecular flexibility index (Phi) is 6.27. The number of carbonyl (C=O) groups excluding carboxylic acids is 1. The number of aliphatic hydroxyl groups excluding tert-OH is 1. The molecule has 0 aliphatic carbocycles. The molecule has 29 heavy (non-hydrogen) atoms. The van der Waals surface area contributed by atoms with E-state index in [2.05, 4.69) is 0 Å². The first kappa shape index (κ1) is 21.3. The molecule has 0 unspecified atom stereocenters. The predicted octanol–water partition coefficient (Wildman–Crippen LogP) is 0.735. The number of hydrogen-bond donors (Lipinski definition) is 2. The fourth-order valence-electron chi connectivity index (χ4n) is 3.33. The van der Waals surface area contributed by atoms with Gasteiger partial charge in [0, 0.05) is 38.3 Å². The standard InChI is InChI=1S/C19H25N3O6S/c1-13-3-4-16(27-2)14(11-13)15(23)12-21-7-9-22(10-8-21)29(25,26)18-6-5-17(28-18)19(20)24/h3-6,11,15,23H,7-10,12H2,1-2H3,(H2,20,24)/t15-/m1/s1. The van der Waals surface area contributed by atoms with Crippen molar-refractivity contribution in [3.8, 4) is 5.75 Å². The number of aliphatic hydroxyl groups is 1. The maximum Gasteiger partial charge on any atom is 0.284 e. The number of ether oxygens (including phenoxy) is 1. The predicted molar refractivity (Wildman–Crippen MR) is 105 cm³/mol. The summed E-state index contributed by atoms with van der Waals surface area (Å²) in [4.78, 5) is 13.1. The van der Waals surface area contributed by atoms with E-state index in [-0.39, 0.29) is 23.9 Å². The van der Waals surface area contributed by atoms with Gasteiger partial charge in [-0.05, 0) is 31.2 Å². The molecule has 1 aliphatic heterocycles. The third-order valence-corrected chi connectivity index (χ3v) is 6.70. The molecule has 9 nitrogen and oxygen atoms in total. The van der Waals surface area contributed by atoms with Crippen LogP contribution in [-0.4, -0.2) is 68.5 Å². The third kappa shape index (κ3) is 4.61. The summed E-state index contributed by atoms with van der Waals surface area (Å²) in [6, 6.07) is 8.10. The molecule has 1 aromatic heterocycles. The maximum atomic E-state index is 12.7. The molecule has 1 saturated heterocycles. The number of primary amides is 1. The third-order valence-electron chi connectivity index (χ3n) is 4.92. The Bertz CT molecular complexity index is 980. The summed E-state index contributed by atoms with van der Waals surface area (Å²) in [5, 5.41) is 10.4. The number of nitrogens with two attached hydrogens (primary N) is 1. The molecule has 3 rings (SSSR count). The van der Waals surface area contributed by atoms with Crippen molar-refractivity contribution < 1.29 is 27.5 Å². The monoisotopic (exact) mass is 423 g/mol. The second kappa shape index (κ2) is 8.54. The Morgan fingerprint density at radius 3 is 2.52 bits per heavy atom. The zero-order valence-corrected chi connectivity index (χ0v) is 17.2. The Morgan fingerprint density at radius 2 is 1.93 bits per heavy atom. The molecule has 10 heteroatoms. The van der Waals surface area contributed by atoms with Crippen LogP contribution >= 0.6 is 0 Å². The first-order valence-electron chi connectivity index (χ1n) is 9.17. The molecule has 0 radical (unpaired) electrons. The molecule has 1 amide bonds. The van der Waals surface area contributed by atoms with E-state index in [1.807, 2.05) is 30.0 Å². The van der Waals surface area contributed by atoms with Crippen LogP contribution in [0.15, 0.2) is 39.8 Å². The van der Waals surface area contributed by atoms with Gasteiger partial charge in [-0.3, -0.25) is 9.69 Å². The fraction of sp³-hybridized carbons (Fsp3) is 0.421. The highest BCUT2D eigenvalue weighted by molar-refractivity contribution is 7.89. The molecule has 0 bridgehead atoms. The van der Waals surface area contributed by atoms with Crippen LogP contribution in [0.25, 0.3) is 0 Å². The highest BCUT2D eigenvalue weighted by Crippen LogP contribution is 2.27. The van der Waals surface area contributed by atoms with Gasteiger partial charge in [-0.1, -0.05) is 11.6 Å². The quantitative estimate of drug-likeness (QED) is 0.672. The summed E-state index contributed by atoms with van der Waals surface area (Å²) in [6.07, 6.45) is -0.754. The van der Waals surface area contributed by atoms with Crippen LogP contribution in [0.3, 0.4) is 0 Å². The normalized spacial score (nSPS) is 17.2. The zero-order chi connectivity index (χ0) is 21.2. The van der Waals surface area contributed by atoms with E-state index in [1.165, 1.54) is 16.4 Å². The van der Waals surface area contributed by atoms with Gasteiger partial charge in [0.15, 0.2) is 5.76 Å². The second-order valence-corrected chi connectivity index (χ2v) is 8.82. The molecule has 2 heterocycles. The minimum Gasteiger partial charge on any atom is -0.496 e. The number of amides is 1. The number of benzene rings is 1. The minimum atomic E-state index is -3.85. The lowest BCUT2D eigenvalue weighted by molar-refractivity contribution is 0.0900. The van der Waals surface area contributed by atoms with Gasteiger partial charge in [0.25, 0.3) is 15.9 Å². The second-order valence-electron chi connectivity index (χ2n) is 6.95. The number of carbonyl (C=O) groups is 1. The molecule has 1 fully saturated rings. The molecule has 0 spiro atoms. The van der Waals surface area contributed by atoms with Gasteiger partial charge < -0.3 is 20.0 Å². The number of nitrogens with zero attached hydrogens (tertiary/aromatic N) is 2. The lowest BCUT2D eigenvalue weighted by Gasteiger charge is -2.34.